The monoisotopic (exact) mass is 1410 g/mol. The summed E-state index contributed by atoms with van der Waals surface area (Å²) >= 11 is 0. The summed E-state index contributed by atoms with van der Waals surface area (Å²) < 4.78 is 80.3. The molecule has 12 rings (SSSR count). The van der Waals surface area contributed by atoms with Crippen molar-refractivity contribution < 1.29 is 86.6 Å². The van der Waals surface area contributed by atoms with E-state index in [1.807, 2.05) is 42.5 Å². The van der Waals surface area contributed by atoms with Crippen LogP contribution in [0, 0.1) is 46.0 Å². The quantitative estimate of drug-likeness (QED) is 0.0362. The van der Waals surface area contributed by atoms with E-state index in [2.05, 4.69) is 37.5 Å². The van der Waals surface area contributed by atoms with E-state index in [4.69, 9.17) is 18.8 Å². The molecule has 18 nitrogen and oxygen atoms in total. The molecule has 4 amide bonds. The number of carbonyl (C=O) groups excluding carboxylic acids is 4. The summed E-state index contributed by atoms with van der Waals surface area (Å²) in [5.74, 6) is -7.13. The normalized spacial score (nSPS) is 29.8. The van der Waals surface area contributed by atoms with E-state index in [1.165, 1.54) is 12.2 Å². The molecule has 10 aliphatic rings. The van der Waals surface area contributed by atoms with Crippen molar-refractivity contribution in [1.29, 1.82) is 10.5 Å². The first kappa shape index (κ1) is 68.1. The Bertz CT molecular complexity index is 3080. The van der Waals surface area contributed by atoms with Crippen LogP contribution >= 0.6 is 0 Å². The van der Waals surface area contributed by atoms with Crippen molar-refractivity contribution in [3.8, 4) is 12.1 Å². The largest absolute Gasteiger partial charge is 0.582 e. The first-order valence-electron chi connectivity index (χ1n) is 31.1. The molecule has 25 heteroatoms. The minimum atomic E-state index is -2.80. The maximum absolute atomic E-state index is 14.0. The van der Waals surface area contributed by atoms with E-state index >= 15 is 0 Å². The standard InChI is InChI=1S/C37H48BF2N4O5.C27H35BF2N4O5.W/c1-33(2,43-16-15-37(39,40)22-43)20-25(21-41)31(45)44-27-11-13-36(44,14-12-27)23-47-32(46)42-30(17-24-9-7-6-8-10-24)38-48-29-19-26-18-28(34(26,3)4)35(29,5)49-38;1-25(2,33-13-12-27(29,30)17-33)15-20(16-31)23(35)34-21-8-10-26(34,11-9-21)18-39-24(36)32-22(28(37)38)14-19-6-4-3-5-7-19;/h6-10,20,26-28,30H,11-19,22-23H2,1-5H3,(H,42,46);3-7,15,21-22,37-38H,8-14,17-18H2,1-2H3,(H,32,36);/q-1;;/t26-,27?,28-,30-,35-,36?;21?,22-,26?;/m00./s1. The van der Waals surface area contributed by atoms with Crippen LogP contribution in [0.5, 0.6) is 0 Å². The van der Waals surface area contributed by atoms with Gasteiger partial charge in [0.25, 0.3) is 23.7 Å². The van der Waals surface area contributed by atoms with Gasteiger partial charge in [0.05, 0.1) is 36.0 Å². The molecule has 7 aliphatic heterocycles. The summed E-state index contributed by atoms with van der Waals surface area (Å²) in [5, 5.41) is 45.0. The maximum atomic E-state index is 14.0. The summed E-state index contributed by atoms with van der Waals surface area (Å²) in [7, 11) is -2.48. The number of benzene rings is 2. The Kier molecular flexibility index (Phi) is 19.9. The number of ether oxygens (including phenoxy) is 2. The van der Waals surface area contributed by atoms with Gasteiger partial charge in [0.1, 0.15) is 36.5 Å². The number of likely N-dealkylation sites (tertiary alicyclic amines) is 2. The minimum absolute atomic E-state index is 0. The zero-order valence-corrected chi connectivity index (χ0v) is 54.9. The van der Waals surface area contributed by atoms with E-state index < -0.39 is 103 Å². The van der Waals surface area contributed by atoms with Gasteiger partial charge in [-0.3, -0.25) is 19.4 Å². The van der Waals surface area contributed by atoms with Crippen molar-refractivity contribution in [2.45, 2.75) is 202 Å². The number of hydrogen-bond donors (Lipinski definition) is 4. The Morgan fingerprint density at radius 1 is 0.730 bits per heavy atom. The van der Waals surface area contributed by atoms with Crippen molar-refractivity contribution in [1.82, 2.24) is 30.2 Å². The molecule has 5 atom stereocenters. The summed E-state index contributed by atoms with van der Waals surface area (Å²) in [6.45, 7) is 13.0. The van der Waals surface area contributed by atoms with Gasteiger partial charge in [0.2, 0.25) is 0 Å². The minimum Gasteiger partial charge on any atom is -0.582 e. The maximum Gasteiger partial charge on any atom is 0.475 e. The van der Waals surface area contributed by atoms with Crippen molar-refractivity contribution in [2.24, 2.45) is 17.3 Å². The molecule has 7 heterocycles. The van der Waals surface area contributed by atoms with Gasteiger partial charge in [-0.2, -0.15) is 23.0 Å². The number of alkyl halides is 4. The van der Waals surface area contributed by atoms with Crippen molar-refractivity contribution in [2.75, 3.05) is 39.4 Å². The van der Waals surface area contributed by atoms with E-state index in [-0.39, 0.29) is 95.3 Å². The van der Waals surface area contributed by atoms with Crippen LogP contribution in [0.25, 0.3) is 0 Å². The van der Waals surface area contributed by atoms with Crippen LogP contribution in [-0.2, 0) is 62.3 Å². The van der Waals surface area contributed by atoms with Crippen molar-refractivity contribution >= 4 is 38.2 Å². The Labute approximate surface area is 534 Å². The van der Waals surface area contributed by atoms with Gasteiger partial charge in [-0.1, -0.05) is 87.4 Å². The van der Waals surface area contributed by atoms with Gasteiger partial charge in [-0.05, 0) is 139 Å². The fourth-order valence-corrected chi connectivity index (χ4v) is 15.9. The van der Waals surface area contributed by atoms with Gasteiger partial charge in [0, 0.05) is 70.2 Å². The second kappa shape index (κ2) is 26.0. The summed E-state index contributed by atoms with van der Waals surface area (Å²) in [6.07, 6.45) is 9.95. The second-order valence-corrected chi connectivity index (χ2v) is 28.1. The van der Waals surface area contributed by atoms with Gasteiger partial charge in [0.15, 0.2) is 0 Å². The Balaban J connectivity index is 0.000000215. The molecule has 2 aromatic rings. The van der Waals surface area contributed by atoms with Gasteiger partial charge in [-0.25, -0.2) is 27.2 Å². The van der Waals surface area contributed by atoms with Gasteiger partial charge >= 0.3 is 26.4 Å². The second-order valence-electron chi connectivity index (χ2n) is 28.1. The topological polar surface area (TPSA) is 230 Å². The average molecular weight is 1410 g/mol. The Morgan fingerprint density at radius 2 is 1.17 bits per heavy atom. The third-order valence-corrected chi connectivity index (χ3v) is 21.2. The molecular weight excluding hydrogens is 1320 g/mol. The van der Waals surface area contributed by atoms with Crippen LogP contribution in [0.2, 0.25) is 0 Å². The number of rotatable bonds is 18. The smallest absolute Gasteiger partial charge is 0.475 e. The molecule has 10 fully saturated rings. The molecule has 89 heavy (non-hydrogen) atoms. The van der Waals surface area contributed by atoms with Crippen LogP contribution in [0.3, 0.4) is 0 Å². The van der Waals surface area contributed by atoms with Crippen LogP contribution in [-0.4, -0.2) is 171 Å². The molecule has 4 N–H and O–H groups in total. The van der Waals surface area contributed by atoms with E-state index in [0.29, 0.717) is 56.8 Å². The molecule has 3 saturated carbocycles. The zero-order chi connectivity index (χ0) is 63.4. The fraction of sp³-hybridized carbons (Fsp3) is 0.641. The number of carbonyl (C=O) groups is 4. The molecule has 2 aromatic carbocycles. The van der Waals surface area contributed by atoms with E-state index in [1.54, 1.807) is 71.6 Å². The number of nitriles is 2. The SMILES string of the molecule is CC(C)(C=C(C#N)C(=O)N1C2CCC1(COC(=O)N[C@@H](Cc1ccccc1)B(O)O)CC2)N1CCC(F)(F)C1.CC1(C)[C@@H]2C[C-]3OB([C@H](Cc4ccccc4)NC(=O)OCC45CCC(CC4)N5C(=O)C(C#N)=CC(C)(C)N4CCC(F)(F)C4)O[C@@]3(C)[C@H]1C2.[W]. The molecule has 480 valence electrons. The number of nitrogens with zero attached hydrogens (tertiary/aromatic N) is 6. The van der Waals surface area contributed by atoms with Gasteiger partial charge < -0.3 is 49.3 Å². The van der Waals surface area contributed by atoms with Crippen LogP contribution in [0.4, 0.5) is 27.2 Å². The predicted molar refractivity (Wildman–Crippen MR) is 318 cm³/mol. The zero-order valence-electron chi connectivity index (χ0n) is 52.0. The van der Waals surface area contributed by atoms with Crippen LogP contribution < -0.4 is 10.6 Å². The molecule has 0 aromatic heterocycles. The van der Waals surface area contributed by atoms with Crippen molar-refractivity contribution in [3.05, 3.63) is 101 Å². The molecule has 6 bridgehead atoms. The van der Waals surface area contributed by atoms with Gasteiger partial charge in [-0.15, -0.1) is 0 Å². The molecular formula is C64H83B2F4N8O10W-. The van der Waals surface area contributed by atoms with Crippen molar-refractivity contribution in [3.63, 3.8) is 0 Å². The Morgan fingerprint density at radius 3 is 1.57 bits per heavy atom. The molecule has 0 radical (unpaired) electrons. The predicted octanol–water partition coefficient (Wildman–Crippen LogP) is 8.27. The number of alkyl carbamates (subject to hydrolysis) is 2. The van der Waals surface area contributed by atoms with E-state index in [9.17, 15) is 57.3 Å². The molecule has 0 spiro atoms. The first-order valence-corrected chi connectivity index (χ1v) is 31.1. The van der Waals surface area contributed by atoms with Crippen LogP contribution in [0.1, 0.15) is 137 Å². The first-order chi connectivity index (χ1) is 41.4. The summed E-state index contributed by atoms with van der Waals surface area (Å²) in [5.41, 5.74) is -2.08. The number of hydrogen-bond acceptors (Lipinski definition) is 14. The number of amides is 4. The number of nitrogens with one attached hydrogen (secondary N) is 2. The molecule has 0 unspecified atom stereocenters. The molecule has 3 aliphatic carbocycles. The summed E-state index contributed by atoms with van der Waals surface area (Å²) in [4.78, 5) is 60.3. The fourth-order valence-electron chi connectivity index (χ4n) is 15.9. The Hall–Kier alpha value is -5.32. The summed E-state index contributed by atoms with van der Waals surface area (Å²) in [6, 6.07) is 22.8. The number of fused-ring (bicyclic) bond motifs is 4. The average Bonchev–Trinajstić information content (AvgIpc) is 1.70. The third kappa shape index (κ3) is 14.1. The number of halogens is 4. The molecule has 7 saturated heterocycles. The van der Waals surface area contributed by atoms with Crippen LogP contribution in [0.15, 0.2) is 84.0 Å². The third-order valence-electron chi connectivity index (χ3n) is 21.2. The van der Waals surface area contributed by atoms with E-state index in [0.717, 1.165) is 42.9 Å².